The Hall–Kier alpha value is -1.88. The maximum atomic E-state index is 12.4. The van der Waals surface area contributed by atoms with Crippen LogP contribution < -0.4 is 0 Å². The Morgan fingerprint density at radius 2 is 2.44 bits per heavy atom. The zero-order valence-electron chi connectivity index (χ0n) is 10.2. The fourth-order valence-electron chi connectivity index (χ4n) is 2.26. The lowest BCUT2D eigenvalue weighted by molar-refractivity contribution is -0.0661. The van der Waals surface area contributed by atoms with E-state index in [9.17, 15) is 4.79 Å². The average molecular weight is 245 g/mol. The van der Waals surface area contributed by atoms with Gasteiger partial charge in [0.2, 0.25) is 0 Å². The Balaban J connectivity index is 1.90. The van der Waals surface area contributed by atoms with E-state index in [0.29, 0.717) is 5.56 Å². The number of ether oxygens (including phenoxy) is 1. The Bertz CT molecular complexity index is 578. The molecule has 1 N–H and O–H groups in total. The zero-order chi connectivity index (χ0) is 12.5. The minimum atomic E-state index is -0.149. The summed E-state index contributed by atoms with van der Waals surface area (Å²) in [5.74, 6) is 0.0127. The van der Waals surface area contributed by atoms with Gasteiger partial charge >= 0.3 is 0 Å². The number of benzene rings is 1. The van der Waals surface area contributed by atoms with Crippen LogP contribution in [0.2, 0.25) is 0 Å². The lowest BCUT2D eigenvalue weighted by Gasteiger charge is -2.33. The highest BCUT2D eigenvalue weighted by Crippen LogP contribution is 2.17. The van der Waals surface area contributed by atoms with E-state index in [1.165, 1.54) is 0 Å². The monoisotopic (exact) mass is 245 g/mol. The summed E-state index contributed by atoms with van der Waals surface area (Å²) < 4.78 is 5.49. The molecular weight excluding hydrogens is 230 g/mol. The van der Waals surface area contributed by atoms with E-state index in [-0.39, 0.29) is 12.1 Å². The van der Waals surface area contributed by atoms with Gasteiger partial charge in [0.25, 0.3) is 5.91 Å². The summed E-state index contributed by atoms with van der Waals surface area (Å²) in [6.45, 7) is 3.39. The Morgan fingerprint density at radius 1 is 1.56 bits per heavy atom. The van der Waals surface area contributed by atoms with Gasteiger partial charge in [-0.25, -0.2) is 4.98 Å². The lowest BCUT2D eigenvalue weighted by Crippen LogP contribution is -2.44. The van der Waals surface area contributed by atoms with Crippen molar-refractivity contribution in [2.75, 3.05) is 13.2 Å². The summed E-state index contributed by atoms with van der Waals surface area (Å²) in [6, 6.07) is 5.51. The molecular formula is C13H15N3O2. The third-order valence-electron chi connectivity index (χ3n) is 3.27. The average Bonchev–Trinajstić information content (AvgIpc) is 2.85. The second-order valence-electron chi connectivity index (χ2n) is 4.46. The van der Waals surface area contributed by atoms with Crippen molar-refractivity contribution >= 4 is 16.9 Å². The van der Waals surface area contributed by atoms with Crippen LogP contribution in [0.3, 0.4) is 0 Å². The number of hydrogen-bond donors (Lipinski definition) is 1. The van der Waals surface area contributed by atoms with Crippen LogP contribution >= 0.6 is 0 Å². The largest absolute Gasteiger partial charge is 0.359 e. The van der Waals surface area contributed by atoms with Gasteiger partial charge < -0.3 is 14.6 Å². The maximum Gasteiger partial charge on any atom is 0.255 e. The van der Waals surface area contributed by atoms with Crippen molar-refractivity contribution in [1.82, 2.24) is 14.9 Å². The van der Waals surface area contributed by atoms with Crippen molar-refractivity contribution in [2.45, 2.75) is 19.6 Å². The fourth-order valence-corrected chi connectivity index (χ4v) is 2.26. The predicted molar refractivity (Wildman–Crippen MR) is 67.2 cm³/mol. The van der Waals surface area contributed by atoms with E-state index in [2.05, 4.69) is 9.97 Å². The van der Waals surface area contributed by atoms with Gasteiger partial charge in [-0.2, -0.15) is 0 Å². The SMILES string of the molecule is CC1OCCCN1C(=O)c1ccc2nc[nH]c2c1. The van der Waals surface area contributed by atoms with E-state index >= 15 is 0 Å². The standard InChI is InChI=1S/C13H15N3O2/c1-9-16(5-2-6-18-9)13(17)10-3-4-11-12(7-10)15-8-14-11/h3-4,7-9H,2,5-6H2,1H3,(H,14,15). The van der Waals surface area contributed by atoms with Crippen molar-refractivity contribution in [3.05, 3.63) is 30.1 Å². The molecule has 5 nitrogen and oxygen atoms in total. The zero-order valence-corrected chi connectivity index (χ0v) is 10.2. The summed E-state index contributed by atoms with van der Waals surface area (Å²) in [6.07, 6.45) is 2.37. The third-order valence-corrected chi connectivity index (χ3v) is 3.27. The first-order valence-electron chi connectivity index (χ1n) is 6.11. The van der Waals surface area contributed by atoms with Crippen molar-refractivity contribution in [2.24, 2.45) is 0 Å². The molecule has 3 rings (SSSR count). The molecule has 1 unspecified atom stereocenters. The molecule has 1 fully saturated rings. The normalized spacial score (nSPS) is 20.3. The van der Waals surface area contributed by atoms with E-state index in [1.54, 1.807) is 11.2 Å². The van der Waals surface area contributed by atoms with E-state index in [0.717, 1.165) is 30.6 Å². The van der Waals surface area contributed by atoms with Gasteiger partial charge in [0.1, 0.15) is 6.23 Å². The Labute approximate surface area is 105 Å². The molecule has 1 aromatic carbocycles. The first-order chi connectivity index (χ1) is 8.75. The molecule has 0 spiro atoms. The maximum absolute atomic E-state index is 12.4. The predicted octanol–water partition coefficient (Wildman–Crippen LogP) is 1.77. The van der Waals surface area contributed by atoms with E-state index in [4.69, 9.17) is 4.74 Å². The third kappa shape index (κ3) is 1.86. The van der Waals surface area contributed by atoms with Gasteiger partial charge in [-0.15, -0.1) is 0 Å². The lowest BCUT2D eigenvalue weighted by atomic mass is 10.1. The van der Waals surface area contributed by atoms with Crippen LogP contribution in [0.5, 0.6) is 0 Å². The van der Waals surface area contributed by atoms with Crippen molar-refractivity contribution in [3.8, 4) is 0 Å². The molecule has 1 aliphatic rings. The number of carbonyl (C=O) groups is 1. The molecule has 1 saturated heterocycles. The Kier molecular flexibility index (Phi) is 2.76. The smallest absolute Gasteiger partial charge is 0.255 e. The number of rotatable bonds is 1. The molecule has 0 aliphatic carbocycles. The van der Waals surface area contributed by atoms with Crippen LogP contribution in [0, 0.1) is 0 Å². The van der Waals surface area contributed by atoms with Crippen LogP contribution in [0.25, 0.3) is 11.0 Å². The van der Waals surface area contributed by atoms with Gasteiger partial charge in [0, 0.05) is 12.1 Å². The molecule has 2 heterocycles. The molecule has 1 atom stereocenters. The molecule has 1 amide bonds. The van der Waals surface area contributed by atoms with Crippen LogP contribution in [0.4, 0.5) is 0 Å². The van der Waals surface area contributed by atoms with Crippen LogP contribution in [-0.4, -0.2) is 40.2 Å². The summed E-state index contributed by atoms with van der Waals surface area (Å²) >= 11 is 0. The molecule has 5 heteroatoms. The minimum Gasteiger partial charge on any atom is -0.359 e. The van der Waals surface area contributed by atoms with Crippen LogP contribution in [-0.2, 0) is 4.74 Å². The van der Waals surface area contributed by atoms with Crippen LogP contribution in [0.15, 0.2) is 24.5 Å². The topological polar surface area (TPSA) is 58.2 Å². The highest BCUT2D eigenvalue weighted by Gasteiger charge is 2.24. The van der Waals surface area contributed by atoms with Crippen LogP contribution in [0.1, 0.15) is 23.7 Å². The van der Waals surface area contributed by atoms with Crippen molar-refractivity contribution in [1.29, 1.82) is 0 Å². The summed E-state index contributed by atoms with van der Waals surface area (Å²) in [5, 5.41) is 0. The number of fused-ring (bicyclic) bond motifs is 1. The van der Waals surface area contributed by atoms with Gasteiger partial charge in [-0.1, -0.05) is 0 Å². The number of imidazole rings is 1. The number of hydrogen-bond acceptors (Lipinski definition) is 3. The van der Waals surface area contributed by atoms with Gasteiger partial charge in [-0.05, 0) is 31.5 Å². The molecule has 94 valence electrons. The van der Waals surface area contributed by atoms with E-state index in [1.807, 2.05) is 25.1 Å². The highest BCUT2D eigenvalue weighted by atomic mass is 16.5. The fraction of sp³-hybridized carbons (Fsp3) is 0.385. The number of aromatic amines is 1. The molecule has 0 radical (unpaired) electrons. The highest BCUT2D eigenvalue weighted by molar-refractivity contribution is 5.97. The number of H-pyrrole nitrogens is 1. The number of nitrogens with zero attached hydrogens (tertiary/aromatic N) is 2. The summed E-state index contributed by atoms with van der Waals surface area (Å²) in [5.41, 5.74) is 2.42. The van der Waals surface area contributed by atoms with Gasteiger partial charge in [0.05, 0.1) is 24.0 Å². The number of carbonyl (C=O) groups excluding carboxylic acids is 1. The molecule has 18 heavy (non-hydrogen) atoms. The molecule has 0 bridgehead atoms. The second-order valence-corrected chi connectivity index (χ2v) is 4.46. The molecule has 2 aromatic rings. The Morgan fingerprint density at radius 3 is 3.28 bits per heavy atom. The van der Waals surface area contributed by atoms with Crippen molar-refractivity contribution in [3.63, 3.8) is 0 Å². The second kappa shape index (κ2) is 4.42. The number of aromatic nitrogens is 2. The quantitative estimate of drug-likeness (QED) is 0.833. The van der Waals surface area contributed by atoms with Crippen molar-refractivity contribution < 1.29 is 9.53 Å². The summed E-state index contributed by atoms with van der Waals surface area (Å²) in [7, 11) is 0. The number of nitrogens with one attached hydrogen (secondary N) is 1. The van der Waals surface area contributed by atoms with Gasteiger partial charge in [0.15, 0.2) is 0 Å². The molecule has 1 aliphatic heterocycles. The molecule has 1 aromatic heterocycles. The van der Waals surface area contributed by atoms with E-state index < -0.39 is 0 Å². The van der Waals surface area contributed by atoms with Gasteiger partial charge in [-0.3, -0.25) is 4.79 Å². The first-order valence-corrected chi connectivity index (χ1v) is 6.11. The molecule has 0 saturated carbocycles. The first kappa shape index (κ1) is 11.2. The minimum absolute atomic E-state index is 0.0127. The summed E-state index contributed by atoms with van der Waals surface area (Å²) in [4.78, 5) is 21.3. The number of amides is 1.